The van der Waals surface area contributed by atoms with Crippen LogP contribution < -0.4 is 0 Å². The molecule has 0 aromatic heterocycles. The lowest BCUT2D eigenvalue weighted by Gasteiger charge is -2.15. The average molecular weight is 336 g/mol. The lowest BCUT2D eigenvalue weighted by atomic mass is 10.0. The Bertz CT molecular complexity index is 336. The smallest absolute Gasteiger partial charge is 0.261 e. The zero-order valence-electron chi connectivity index (χ0n) is 14.9. The van der Waals surface area contributed by atoms with Gasteiger partial charge in [-0.25, -0.2) is 0 Å². The predicted molar refractivity (Wildman–Crippen MR) is 94.9 cm³/mol. The maximum atomic E-state index is 9.19. The summed E-state index contributed by atoms with van der Waals surface area (Å²) >= 11 is 0. The Kier molecular flexibility index (Phi) is 13.2. The van der Waals surface area contributed by atoms with Crippen LogP contribution in [-0.4, -0.2) is 43.8 Å². The highest BCUT2D eigenvalue weighted by Gasteiger charge is 2.20. The third kappa shape index (κ3) is 16.2. The molecule has 0 aliphatic carbocycles. The van der Waals surface area contributed by atoms with Gasteiger partial charge in [-0.15, -0.1) is 0 Å². The SMILES string of the molecule is CCCCCCCCCN1CCC(CCC)C1.CS(=O)(=O)O. The minimum absolute atomic E-state index is 0.715. The molecular weight excluding hydrogens is 298 g/mol. The van der Waals surface area contributed by atoms with E-state index in [0.717, 1.165) is 5.92 Å². The Balaban J connectivity index is 0.000000763. The molecule has 0 saturated carbocycles. The number of hydrogen-bond donors (Lipinski definition) is 1. The van der Waals surface area contributed by atoms with E-state index in [-0.39, 0.29) is 0 Å². The molecular formula is C17H37NO3S. The molecule has 4 nitrogen and oxygen atoms in total. The summed E-state index contributed by atoms with van der Waals surface area (Å²) in [5.74, 6) is 1.02. The van der Waals surface area contributed by atoms with E-state index in [4.69, 9.17) is 4.55 Å². The summed E-state index contributed by atoms with van der Waals surface area (Å²) in [5, 5.41) is 0. The second-order valence-electron chi connectivity index (χ2n) is 6.60. The van der Waals surface area contributed by atoms with Crippen LogP contribution in [-0.2, 0) is 10.1 Å². The first kappa shape index (κ1) is 21.9. The van der Waals surface area contributed by atoms with Crippen LogP contribution in [0.3, 0.4) is 0 Å². The molecule has 134 valence electrons. The molecule has 0 aromatic carbocycles. The van der Waals surface area contributed by atoms with Crippen LogP contribution in [0.5, 0.6) is 0 Å². The molecule has 0 aromatic rings. The number of nitrogens with zero attached hydrogens (tertiary/aromatic N) is 1. The number of hydrogen-bond acceptors (Lipinski definition) is 3. The van der Waals surface area contributed by atoms with Crippen molar-refractivity contribution in [3.05, 3.63) is 0 Å². The van der Waals surface area contributed by atoms with Gasteiger partial charge in [0.2, 0.25) is 0 Å². The van der Waals surface area contributed by atoms with E-state index in [9.17, 15) is 8.42 Å². The van der Waals surface area contributed by atoms with Crippen LogP contribution in [0.4, 0.5) is 0 Å². The van der Waals surface area contributed by atoms with E-state index >= 15 is 0 Å². The maximum Gasteiger partial charge on any atom is 0.261 e. The number of likely N-dealkylation sites (tertiary alicyclic amines) is 1. The Morgan fingerprint density at radius 2 is 1.55 bits per heavy atom. The van der Waals surface area contributed by atoms with Gasteiger partial charge in [0.15, 0.2) is 0 Å². The Morgan fingerprint density at radius 3 is 2.09 bits per heavy atom. The predicted octanol–water partition coefficient (Wildman–Crippen LogP) is 4.36. The van der Waals surface area contributed by atoms with Gasteiger partial charge in [-0.05, 0) is 38.3 Å². The van der Waals surface area contributed by atoms with Crippen molar-refractivity contribution in [2.75, 3.05) is 25.9 Å². The summed E-state index contributed by atoms with van der Waals surface area (Å²) in [6.07, 6.45) is 15.1. The highest BCUT2D eigenvalue weighted by molar-refractivity contribution is 7.85. The van der Waals surface area contributed by atoms with E-state index in [1.807, 2.05) is 0 Å². The van der Waals surface area contributed by atoms with Gasteiger partial charge in [0.1, 0.15) is 0 Å². The van der Waals surface area contributed by atoms with Gasteiger partial charge in [-0.3, -0.25) is 4.55 Å². The third-order valence-corrected chi connectivity index (χ3v) is 4.14. The van der Waals surface area contributed by atoms with E-state index in [1.165, 1.54) is 83.8 Å². The van der Waals surface area contributed by atoms with Gasteiger partial charge in [-0.1, -0.05) is 58.8 Å². The summed E-state index contributed by atoms with van der Waals surface area (Å²) in [6.45, 7) is 8.75. The van der Waals surface area contributed by atoms with Crippen LogP contribution in [0, 0.1) is 5.92 Å². The fourth-order valence-electron chi connectivity index (χ4n) is 3.05. The van der Waals surface area contributed by atoms with Crippen molar-refractivity contribution in [1.29, 1.82) is 0 Å². The molecule has 1 atom stereocenters. The fraction of sp³-hybridized carbons (Fsp3) is 1.00. The molecule has 1 N–H and O–H groups in total. The fourth-order valence-corrected chi connectivity index (χ4v) is 3.05. The second kappa shape index (κ2) is 13.3. The average Bonchev–Trinajstić information content (AvgIpc) is 2.84. The van der Waals surface area contributed by atoms with Crippen molar-refractivity contribution in [3.8, 4) is 0 Å². The summed E-state index contributed by atoms with van der Waals surface area (Å²) in [4.78, 5) is 2.70. The molecule has 5 heteroatoms. The third-order valence-electron chi connectivity index (χ3n) is 4.14. The Labute approximate surface area is 138 Å². The van der Waals surface area contributed by atoms with E-state index in [2.05, 4.69) is 18.7 Å². The monoisotopic (exact) mass is 335 g/mol. The van der Waals surface area contributed by atoms with Gasteiger partial charge < -0.3 is 4.90 Å². The molecule has 1 aliphatic rings. The van der Waals surface area contributed by atoms with Gasteiger partial charge in [0, 0.05) is 6.54 Å². The normalized spacial score (nSPS) is 19.0. The highest BCUT2D eigenvalue weighted by atomic mass is 32.2. The summed E-state index contributed by atoms with van der Waals surface area (Å²) in [5.41, 5.74) is 0. The Morgan fingerprint density at radius 1 is 1.00 bits per heavy atom. The lowest BCUT2D eigenvalue weighted by molar-refractivity contribution is 0.311. The number of unbranched alkanes of at least 4 members (excludes halogenated alkanes) is 6. The summed E-state index contributed by atoms with van der Waals surface area (Å²) in [6, 6.07) is 0. The maximum absolute atomic E-state index is 9.19. The molecule has 1 heterocycles. The minimum atomic E-state index is -3.67. The first-order valence-corrected chi connectivity index (χ1v) is 10.9. The van der Waals surface area contributed by atoms with Gasteiger partial charge in [-0.2, -0.15) is 8.42 Å². The van der Waals surface area contributed by atoms with E-state index in [0.29, 0.717) is 6.26 Å². The highest BCUT2D eigenvalue weighted by Crippen LogP contribution is 2.21. The van der Waals surface area contributed by atoms with Gasteiger partial charge in [0.25, 0.3) is 10.1 Å². The van der Waals surface area contributed by atoms with Crippen molar-refractivity contribution < 1.29 is 13.0 Å². The second-order valence-corrected chi connectivity index (χ2v) is 8.06. The molecule has 1 unspecified atom stereocenters. The standard InChI is InChI=1S/C16H33N.CH4O3S/c1-3-5-6-7-8-9-10-13-17-14-12-16(15-17)11-4-2;1-5(2,3)4/h16H,3-15H2,1-2H3;1H3,(H,2,3,4). The summed E-state index contributed by atoms with van der Waals surface area (Å²) in [7, 11) is -3.67. The molecule has 22 heavy (non-hydrogen) atoms. The molecule has 0 spiro atoms. The van der Waals surface area contributed by atoms with Crippen molar-refractivity contribution in [2.45, 2.75) is 78.1 Å². The minimum Gasteiger partial charge on any atom is -0.303 e. The largest absolute Gasteiger partial charge is 0.303 e. The van der Waals surface area contributed by atoms with Crippen molar-refractivity contribution in [1.82, 2.24) is 4.90 Å². The van der Waals surface area contributed by atoms with Crippen molar-refractivity contribution >= 4 is 10.1 Å². The summed E-state index contributed by atoms with van der Waals surface area (Å²) < 4.78 is 25.9. The van der Waals surface area contributed by atoms with Crippen molar-refractivity contribution in [2.24, 2.45) is 5.92 Å². The Hall–Kier alpha value is -0.130. The first-order chi connectivity index (χ1) is 10.4. The molecule has 1 rings (SSSR count). The molecule has 1 fully saturated rings. The molecule has 1 aliphatic heterocycles. The quantitative estimate of drug-likeness (QED) is 0.476. The van der Waals surface area contributed by atoms with E-state index in [1.54, 1.807) is 0 Å². The topological polar surface area (TPSA) is 57.6 Å². The number of rotatable bonds is 10. The molecule has 0 amide bonds. The van der Waals surface area contributed by atoms with Crippen LogP contribution in [0.15, 0.2) is 0 Å². The van der Waals surface area contributed by atoms with Gasteiger partial charge >= 0.3 is 0 Å². The molecule has 0 bridgehead atoms. The van der Waals surface area contributed by atoms with Crippen molar-refractivity contribution in [3.63, 3.8) is 0 Å². The van der Waals surface area contributed by atoms with Crippen LogP contribution in [0.25, 0.3) is 0 Å². The van der Waals surface area contributed by atoms with Crippen LogP contribution in [0.1, 0.15) is 78.1 Å². The molecule has 1 saturated heterocycles. The lowest BCUT2D eigenvalue weighted by Crippen LogP contribution is -2.21. The zero-order chi connectivity index (χ0) is 16.8. The zero-order valence-corrected chi connectivity index (χ0v) is 15.7. The first-order valence-electron chi connectivity index (χ1n) is 9.01. The van der Waals surface area contributed by atoms with Crippen LogP contribution >= 0.6 is 0 Å². The van der Waals surface area contributed by atoms with Crippen LogP contribution in [0.2, 0.25) is 0 Å². The van der Waals surface area contributed by atoms with Gasteiger partial charge in [0.05, 0.1) is 6.26 Å². The molecule has 0 radical (unpaired) electrons. The van der Waals surface area contributed by atoms with E-state index < -0.39 is 10.1 Å².